The number of carbonyl (C=O) groups excluding carboxylic acids is 1. The summed E-state index contributed by atoms with van der Waals surface area (Å²) in [4.78, 5) is 16.1. The third-order valence-corrected chi connectivity index (χ3v) is 7.04. The Labute approximate surface area is 177 Å². The molecule has 0 bridgehead atoms. The van der Waals surface area contributed by atoms with Crippen LogP contribution >= 0.6 is 0 Å². The van der Waals surface area contributed by atoms with Crippen molar-refractivity contribution >= 4 is 21.5 Å². The van der Waals surface area contributed by atoms with E-state index in [-0.39, 0.29) is 10.7 Å². The molecule has 1 heterocycles. The highest BCUT2D eigenvalue weighted by Gasteiger charge is 2.24. The second-order valence-electron chi connectivity index (χ2n) is 7.55. The van der Waals surface area contributed by atoms with Gasteiger partial charge in [-0.15, -0.1) is 0 Å². The lowest BCUT2D eigenvalue weighted by Gasteiger charge is -2.37. The molecule has 0 amide bonds. The number of ketones is 1. The van der Waals surface area contributed by atoms with Crippen LogP contribution < -0.4 is 9.62 Å². The normalized spacial score (nSPS) is 16.5. The monoisotopic (exact) mass is 433 g/mol. The fraction of sp³-hybridized carbons (Fsp3) is 0.409. The number of nitrogens with zero attached hydrogens (tertiary/aromatic N) is 2. The van der Waals surface area contributed by atoms with E-state index in [4.69, 9.17) is 0 Å². The van der Waals surface area contributed by atoms with Gasteiger partial charge in [-0.05, 0) is 56.3 Å². The summed E-state index contributed by atoms with van der Waals surface area (Å²) in [5.41, 5.74) is 1.75. The van der Waals surface area contributed by atoms with Crippen LogP contribution in [0.4, 0.5) is 10.1 Å². The molecule has 1 aliphatic rings. The maximum atomic E-state index is 14.0. The summed E-state index contributed by atoms with van der Waals surface area (Å²) in [5, 5.41) is 0. The zero-order valence-corrected chi connectivity index (χ0v) is 18.4. The molecule has 30 heavy (non-hydrogen) atoms. The van der Waals surface area contributed by atoms with Crippen LogP contribution in [0.5, 0.6) is 0 Å². The van der Waals surface area contributed by atoms with Gasteiger partial charge in [-0.2, -0.15) is 0 Å². The molecule has 8 heteroatoms. The summed E-state index contributed by atoms with van der Waals surface area (Å²) >= 11 is 0. The van der Waals surface area contributed by atoms with Crippen LogP contribution in [0.15, 0.2) is 47.4 Å². The Morgan fingerprint density at radius 3 is 2.47 bits per heavy atom. The maximum absolute atomic E-state index is 14.0. The number of piperazine rings is 1. The predicted octanol–water partition coefficient (Wildman–Crippen LogP) is 3.21. The Morgan fingerprint density at radius 2 is 1.83 bits per heavy atom. The van der Waals surface area contributed by atoms with Gasteiger partial charge in [-0.3, -0.25) is 4.79 Å². The Morgan fingerprint density at radius 1 is 1.13 bits per heavy atom. The van der Waals surface area contributed by atoms with Crippen molar-refractivity contribution < 1.29 is 17.6 Å². The number of carbonyl (C=O) groups is 1. The number of hydrogen-bond acceptors (Lipinski definition) is 5. The van der Waals surface area contributed by atoms with E-state index < -0.39 is 21.9 Å². The minimum Gasteiger partial charge on any atom is -0.369 e. The van der Waals surface area contributed by atoms with Gasteiger partial charge in [-0.25, -0.2) is 17.5 Å². The summed E-state index contributed by atoms with van der Waals surface area (Å²) in [6.45, 7) is 9.61. The summed E-state index contributed by atoms with van der Waals surface area (Å²) in [5.74, 6) is -0.621. The van der Waals surface area contributed by atoms with Gasteiger partial charge in [-0.1, -0.05) is 19.1 Å². The van der Waals surface area contributed by atoms with Crippen molar-refractivity contribution in [2.24, 2.45) is 0 Å². The number of Topliss-reactive ketones (excluding diaryl/α,β-unsaturated/α-hetero) is 1. The van der Waals surface area contributed by atoms with Crippen LogP contribution in [0, 0.1) is 5.82 Å². The van der Waals surface area contributed by atoms with E-state index in [2.05, 4.69) is 21.4 Å². The van der Waals surface area contributed by atoms with Crippen LogP contribution in [0.2, 0.25) is 0 Å². The summed E-state index contributed by atoms with van der Waals surface area (Å²) in [6.07, 6.45) is 0. The lowest BCUT2D eigenvalue weighted by atomic mass is 10.0. The SMILES string of the molecule is CCN1CCN(c2ccc(F)cc2C(C)NS(=O)(=O)c2cccc(C(C)=O)c2)CC1. The average Bonchev–Trinajstić information content (AvgIpc) is 2.73. The van der Waals surface area contributed by atoms with Gasteiger partial charge < -0.3 is 9.80 Å². The lowest BCUT2D eigenvalue weighted by molar-refractivity contribution is 0.101. The van der Waals surface area contributed by atoms with Gasteiger partial charge in [0.2, 0.25) is 10.0 Å². The molecule has 0 spiro atoms. The van der Waals surface area contributed by atoms with E-state index in [1.165, 1.54) is 37.3 Å². The molecule has 3 rings (SSSR count). The largest absolute Gasteiger partial charge is 0.369 e. The van der Waals surface area contributed by atoms with Crippen molar-refractivity contribution in [3.63, 3.8) is 0 Å². The highest BCUT2D eigenvalue weighted by molar-refractivity contribution is 7.89. The summed E-state index contributed by atoms with van der Waals surface area (Å²) < 4.78 is 42.5. The van der Waals surface area contributed by atoms with Gasteiger partial charge in [0.15, 0.2) is 5.78 Å². The molecular formula is C22H28FN3O3S. The Kier molecular flexibility index (Phi) is 6.90. The van der Waals surface area contributed by atoms with E-state index in [1.54, 1.807) is 19.1 Å². The number of hydrogen-bond donors (Lipinski definition) is 1. The highest BCUT2D eigenvalue weighted by atomic mass is 32.2. The van der Waals surface area contributed by atoms with E-state index >= 15 is 0 Å². The molecule has 162 valence electrons. The second-order valence-corrected chi connectivity index (χ2v) is 9.27. The smallest absolute Gasteiger partial charge is 0.241 e. The number of sulfonamides is 1. The second kappa shape index (κ2) is 9.24. The Hall–Kier alpha value is -2.29. The third kappa shape index (κ3) is 5.06. The van der Waals surface area contributed by atoms with Crippen LogP contribution in [-0.4, -0.2) is 51.8 Å². The Bertz CT molecular complexity index is 1020. The van der Waals surface area contributed by atoms with Crippen molar-refractivity contribution in [1.82, 2.24) is 9.62 Å². The number of halogens is 1. The predicted molar refractivity (Wildman–Crippen MR) is 116 cm³/mol. The fourth-order valence-corrected chi connectivity index (χ4v) is 4.98. The molecule has 2 aromatic rings. The first kappa shape index (κ1) is 22.4. The minimum absolute atomic E-state index is 0.0107. The van der Waals surface area contributed by atoms with Crippen molar-refractivity contribution in [3.05, 3.63) is 59.4 Å². The number of likely N-dealkylation sites (N-methyl/N-ethyl adjacent to an activating group) is 1. The first-order valence-corrected chi connectivity index (χ1v) is 11.6. The molecule has 2 aromatic carbocycles. The first-order chi connectivity index (χ1) is 14.2. The zero-order valence-electron chi connectivity index (χ0n) is 17.6. The summed E-state index contributed by atoms with van der Waals surface area (Å²) in [6, 6.07) is 9.77. The number of benzene rings is 2. The molecule has 1 N–H and O–H groups in total. The van der Waals surface area contributed by atoms with Gasteiger partial charge in [0, 0.05) is 43.5 Å². The third-order valence-electron chi connectivity index (χ3n) is 5.50. The van der Waals surface area contributed by atoms with E-state index in [9.17, 15) is 17.6 Å². The highest BCUT2D eigenvalue weighted by Crippen LogP contribution is 2.29. The zero-order chi connectivity index (χ0) is 21.9. The molecule has 1 atom stereocenters. The van der Waals surface area contributed by atoms with Crippen molar-refractivity contribution in [2.45, 2.75) is 31.7 Å². The molecular weight excluding hydrogens is 405 g/mol. The van der Waals surface area contributed by atoms with Crippen molar-refractivity contribution in [2.75, 3.05) is 37.6 Å². The Balaban J connectivity index is 1.86. The van der Waals surface area contributed by atoms with E-state index in [0.29, 0.717) is 11.1 Å². The standard InChI is InChI=1S/C22H28FN3O3S/c1-4-25-10-12-26(13-11-25)22-9-8-19(23)15-21(22)16(2)24-30(28,29)20-7-5-6-18(14-20)17(3)27/h5-9,14-16,24H,4,10-13H2,1-3H3. The topological polar surface area (TPSA) is 69.7 Å². The number of nitrogens with one attached hydrogen (secondary N) is 1. The van der Waals surface area contributed by atoms with Gasteiger partial charge in [0.25, 0.3) is 0 Å². The molecule has 1 aliphatic heterocycles. The molecule has 0 radical (unpaired) electrons. The van der Waals surface area contributed by atoms with E-state index in [0.717, 1.165) is 38.4 Å². The van der Waals surface area contributed by atoms with Crippen LogP contribution in [-0.2, 0) is 10.0 Å². The van der Waals surface area contributed by atoms with Gasteiger partial charge in [0.05, 0.1) is 4.90 Å². The summed E-state index contributed by atoms with van der Waals surface area (Å²) in [7, 11) is -3.89. The maximum Gasteiger partial charge on any atom is 0.241 e. The van der Waals surface area contributed by atoms with Crippen LogP contribution in [0.25, 0.3) is 0 Å². The minimum atomic E-state index is -3.89. The van der Waals surface area contributed by atoms with Gasteiger partial charge in [0.1, 0.15) is 5.82 Å². The molecule has 0 aromatic heterocycles. The molecule has 0 aliphatic carbocycles. The number of rotatable bonds is 7. The molecule has 1 saturated heterocycles. The van der Waals surface area contributed by atoms with Crippen LogP contribution in [0.1, 0.15) is 42.7 Å². The van der Waals surface area contributed by atoms with Gasteiger partial charge >= 0.3 is 0 Å². The van der Waals surface area contributed by atoms with E-state index in [1.807, 2.05) is 0 Å². The molecule has 0 saturated carbocycles. The quantitative estimate of drug-likeness (QED) is 0.679. The average molecular weight is 434 g/mol. The molecule has 1 fully saturated rings. The van der Waals surface area contributed by atoms with Crippen LogP contribution in [0.3, 0.4) is 0 Å². The first-order valence-electron chi connectivity index (χ1n) is 10.1. The lowest BCUT2D eigenvalue weighted by Crippen LogP contribution is -2.46. The molecule has 6 nitrogen and oxygen atoms in total. The van der Waals surface area contributed by atoms with Crippen molar-refractivity contribution in [1.29, 1.82) is 0 Å². The fourth-order valence-electron chi connectivity index (χ4n) is 3.71. The number of anilines is 1. The molecule has 1 unspecified atom stereocenters. The van der Waals surface area contributed by atoms with Crippen molar-refractivity contribution in [3.8, 4) is 0 Å².